The third-order valence-corrected chi connectivity index (χ3v) is 4.22. The van der Waals surface area contributed by atoms with Gasteiger partial charge in [-0.15, -0.1) is 0 Å². The molecule has 1 heterocycles. The quantitative estimate of drug-likeness (QED) is 0.850. The van der Waals surface area contributed by atoms with E-state index in [1.165, 1.54) is 19.1 Å². The molecule has 106 valence electrons. The molecule has 2 aromatic rings. The lowest BCUT2D eigenvalue weighted by Gasteiger charge is -2.11. The van der Waals surface area contributed by atoms with Crippen LogP contribution in [0.4, 0.5) is 15.9 Å². The summed E-state index contributed by atoms with van der Waals surface area (Å²) in [5.74, 6) is -0.491. The third kappa shape index (κ3) is 2.88. The van der Waals surface area contributed by atoms with Crippen LogP contribution in [0.2, 0.25) is 0 Å². The highest BCUT2D eigenvalue weighted by molar-refractivity contribution is 7.92. The molecule has 0 saturated carbocycles. The number of hydrogen-bond acceptors (Lipinski definition) is 4. The van der Waals surface area contributed by atoms with Gasteiger partial charge in [0.2, 0.25) is 0 Å². The van der Waals surface area contributed by atoms with Crippen LogP contribution in [0.25, 0.3) is 0 Å². The molecule has 0 aliphatic carbocycles. The third-order valence-electron chi connectivity index (χ3n) is 2.74. The minimum atomic E-state index is -3.94. The minimum absolute atomic E-state index is 0.0133. The summed E-state index contributed by atoms with van der Waals surface area (Å²) in [6, 6.07) is 7.23. The molecule has 0 radical (unpaired) electrons. The second kappa shape index (κ2) is 5.09. The normalized spacial score (nSPS) is 11.3. The number of benzene rings is 1. The maximum atomic E-state index is 13.6. The van der Waals surface area contributed by atoms with Crippen LogP contribution in [-0.2, 0) is 10.0 Å². The van der Waals surface area contributed by atoms with Gasteiger partial charge in [-0.1, -0.05) is 6.07 Å². The summed E-state index contributed by atoms with van der Waals surface area (Å²) in [5, 5.41) is 0. The Morgan fingerprint density at radius 2 is 1.95 bits per heavy atom. The van der Waals surface area contributed by atoms with E-state index in [2.05, 4.69) is 9.71 Å². The maximum Gasteiger partial charge on any atom is 0.263 e. The molecule has 0 spiro atoms. The number of nitrogen functional groups attached to an aromatic ring is 1. The van der Waals surface area contributed by atoms with Gasteiger partial charge in [-0.05, 0) is 38.1 Å². The maximum absolute atomic E-state index is 13.6. The molecular weight excluding hydrogens is 281 g/mol. The second-order valence-electron chi connectivity index (χ2n) is 4.40. The van der Waals surface area contributed by atoms with E-state index in [1.807, 2.05) is 0 Å². The van der Waals surface area contributed by atoms with E-state index in [1.54, 1.807) is 19.1 Å². The van der Waals surface area contributed by atoms with Gasteiger partial charge in [-0.2, -0.15) is 0 Å². The Hall–Kier alpha value is -2.15. The van der Waals surface area contributed by atoms with Crippen LogP contribution >= 0.6 is 0 Å². The molecule has 3 N–H and O–H groups in total. The molecule has 7 heteroatoms. The van der Waals surface area contributed by atoms with Crippen molar-refractivity contribution in [1.29, 1.82) is 0 Å². The molecule has 0 aliphatic heterocycles. The molecule has 0 amide bonds. The van der Waals surface area contributed by atoms with Gasteiger partial charge in [-0.25, -0.2) is 17.8 Å². The number of nitrogens with two attached hydrogens (primary N) is 1. The molecule has 20 heavy (non-hydrogen) atoms. The molecule has 0 aliphatic rings. The van der Waals surface area contributed by atoms with E-state index < -0.39 is 15.8 Å². The van der Waals surface area contributed by atoms with Gasteiger partial charge in [0.15, 0.2) is 0 Å². The molecule has 0 saturated heterocycles. The molecular formula is C13H14FN3O2S. The van der Waals surface area contributed by atoms with E-state index in [0.717, 1.165) is 6.07 Å². The lowest BCUT2D eigenvalue weighted by Crippen LogP contribution is -2.16. The average Bonchev–Trinajstić information content (AvgIpc) is 2.33. The summed E-state index contributed by atoms with van der Waals surface area (Å²) in [7, 11) is -3.94. The first kappa shape index (κ1) is 14.3. The van der Waals surface area contributed by atoms with Crippen LogP contribution in [0, 0.1) is 19.7 Å². The Kier molecular flexibility index (Phi) is 3.63. The molecule has 1 aromatic carbocycles. The summed E-state index contributed by atoms with van der Waals surface area (Å²) in [4.78, 5) is 3.85. The number of aromatic nitrogens is 1. The summed E-state index contributed by atoms with van der Waals surface area (Å²) in [6.07, 6.45) is 0. The highest BCUT2D eigenvalue weighted by Gasteiger charge is 2.20. The molecule has 0 atom stereocenters. The van der Waals surface area contributed by atoms with Crippen molar-refractivity contribution in [3.63, 3.8) is 0 Å². The van der Waals surface area contributed by atoms with Gasteiger partial charge < -0.3 is 5.73 Å². The van der Waals surface area contributed by atoms with Crippen LogP contribution in [0.1, 0.15) is 11.3 Å². The van der Waals surface area contributed by atoms with E-state index in [4.69, 9.17) is 5.73 Å². The smallest absolute Gasteiger partial charge is 0.263 e. The van der Waals surface area contributed by atoms with Crippen LogP contribution in [0.15, 0.2) is 35.2 Å². The highest BCUT2D eigenvalue weighted by atomic mass is 32.2. The summed E-state index contributed by atoms with van der Waals surface area (Å²) in [6.45, 7) is 3.12. The summed E-state index contributed by atoms with van der Waals surface area (Å²) in [5.41, 5.74) is 6.22. The van der Waals surface area contributed by atoms with Crippen LogP contribution in [0.3, 0.4) is 0 Å². The first-order valence-electron chi connectivity index (χ1n) is 5.82. The number of hydrogen-bond donors (Lipinski definition) is 2. The zero-order chi connectivity index (χ0) is 14.9. The van der Waals surface area contributed by atoms with Crippen molar-refractivity contribution in [2.24, 2.45) is 0 Å². The average molecular weight is 295 g/mol. The summed E-state index contributed by atoms with van der Waals surface area (Å²) >= 11 is 0. The SMILES string of the molecule is Cc1cccc(NS(=O)(=O)c2cc(N)cc(F)c2C)n1. The van der Waals surface area contributed by atoms with Crippen LogP contribution in [0.5, 0.6) is 0 Å². The van der Waals surface area contributed by atoms with Gasteiger partial charge >= 0.3 is 0 Å². The van der Waals surface area contributed by atoms with Crippen molar-refractivity contribution in [3.05, 3.63) is 47.4 Å². The second-order valence-corrected chi connectivity index (χ2v) is 6.05. The van der Waals surface area contributed by atoms with Crippen molar-refractivity contribution >= 4 is 21.5 Å². The van der Waals surface area contributed by atoms with E-state index in [-0.39, 0.29) is 22.0 Å². The number of anilines is 2. The molecule has 0 unspecified atom stereocenters. The number of nitrogens with zero attached hydrogens (tertiary/aromatic N) is 1. The standard InChI is InChI=1S/C13H14FN3O2S/c1-8-4-3-5-13(16-8)17-20(18,19)12-7-10(15)6-11(14)9(12)2/h3-7H,15H2,1-2H3,(H,16,17). The van der Waals surface area contributed by atoms with Crippen LogP contribution < -0.4 is 10.5 Å². The molecule has 1 aromatic heterocycles. The molecule has 0 bridgehead atoms. The van der Waals surface area contributed by atoms with Gasteiger partial charge in [-0.3, -0.25) is 4.72 Å². The number of sulfonamides is 1. The predicted molar refractivity (Wildman–Crippen MR) is 75.3 cm³/mol. The number of pyridine rings is 1. The van der Waals surface area contributed by atoms with E-state index in [0.29, 0.717) is 5.69 Å². The Balaban J connectivity index is 2.46. The zero-order valence-corrected chi connectivity index (χ0v) is 11.8. The number of nitrogens with one attached hydrogen (secondary N) is 1. The molecule has 5 nitrogen and oxygen atoms in total. The molecule has 2 rings (SSSR count). The van der Waals surface area contributed by atoms with Crippen molar-refractivity contribution in [2.45, 2.75) is 18.7 Å². The summed E-state index contributed by atoms with van der Waals surface area (Å²) < 4.78 is 40.4. The number of rotatable bonds is 3. The van der Waals surface area contributed by atoms with E-state index >= 15 is 0 Å². The number of halogens is 1. The lowest BCUT2D eigenvalue weighted by molar-refractivity contribution is 0.591. The Bertz CT molecular complexity index is 760. The first-order chi connectivity index (χ1) is 9.29. The van der Waals surface area contributed by atoms with Gasteiger partial charge in [0.25, 0.3) is 10.0 Å². The number of aryl methyl sites for hydroxylation is 1. The predicted octanol–water partition coefficient (Wildman–Crippen LogP) is 2.22. The van der Waals surface area contributed by atoms with Gasteiger partial charge in [0.1, 0.15) is 11.6 Å². The fraction of sp³-hybridized carbons (Fsp3) is 0.154. The topological polar surface area (TPSA) is 85.1 Å². The largest absolute Gasteiger partial charge is 0.399 e. The zero-order valence-electron chi connectivity index (χ0n) is 11.0. The Labute approximate surface area is 116 Å². The van der Waals surface area contributed by atoms with Crippen LogP contribution in [-0.4, -0.2) is 13.4 Å². The lowest BCUT2D eigenvalue weighted by atomic mass is 10.2. The van der Waals surface area contributed by atoms with E-state index in [9.17, 15) is 12.8 Å². The van der Waals surface area contributed by atoms with Crippen molar-refractivity contribution in [1.82, 2.24) is 4.98 Å². The van der Waals surface area contributed by atoms with Gasteiger partial charge in [0, 0.05) is 16.9 Å². The Morgan fingerprint density at radius 1 is 1.25 bits per heavy atom. The van der Waals surface area contributed by atoms with Crippen molar-refractivity contribution in [2.75, 3.05) is 10.5 Å². The van der Waals surface area contributed by atoms with Crippen molar-refractivity contribution < 1.29 is 12.8 Å². The fourth-order valence-corrected chi connectivity index (χ4v) is 3.04. The monoisotopic (exact) mass is 295 g/mol. The highest BCUT2D eigenvalue weighted by Crippen LogP contribution is 2.23. The first-order valence-corrected chi connectivity index (χ1v) is 7.30. The Morgan fingerprint density at radius 3 is 2.60 bits per heavy atom. The van der Waals surface area contributed by atoms with Crippen molar-refractivity contribution in [3.8, 4) is 0 Å². The minimum Gasteiger partial charge on any atom is -0.399 e. The molecule has 0 fully saturated rings. The van der Waals surface area contributed by atoms with Gasteiger partial charge in [0.05, 0.1) is 4.90 Å². The fourth-order valence-electron chi connectivity index (χ4n) is 1.75.